The van der Waals surface area contributed by atoms with Gasteiger partial charge in [-0.2, -0.15) is 5.10 Å². The molecule has 2 aromatic heterocycles. The third kappa shape index (κ3) is 9.51. The van der Waals surface area contributed by atoms with Gasteiger partial charge in [-0.15, -0.1) is 10.2 Å². The lowest BCUT2D eigenvalue weighted by atomic mass is 10.1. The zero-order valence-corrected chi connectivity index (χ0v) is 33.5. The number of nitrogens with zero attached hydrogens (tertiary/aromatic N) is 6. The molecule has 0 radical (unpaired) electrons. The molecule has 60 heavy (non-hydrogen) atoms. The van der Waals surface area contributed by atoms with E-state index >= 15 is 0 Å². The van der Waals surface area contributed by atoms with Crippen LogP contribution in [-0.2, 0) is 20.9 Å². The van der Waals surface area contributed by atoms with E-state index in [9.17, 15) is 28.8 Å². The normalized spacial score (nSPS) is 15.9. The van der Waals surface area contributed by atoms with Crippen LogP contribution in [0.3, 0.4) is 0 Å². The zero-order valence-electron chi connectivity index (χ0n) is 33.5. The highest BCUT2D eigenvalue weighted by Gasteiger charge is 2.42. The van der Waals surface area contributed by atoms with Gasteiger partial charge < -0.3 is 36.6 Å². The molecule has 2 aromatic carbocycles. The van der Waals surface area contributed by atoms with Gasteiger partial charge in [0.25, 0.3) is 17.7 Å². The number of aromatic nitrogens is 5. The molecule has 3 aliphatic rings. The second-order valence-electron chi connectivity index (χ2n) is 14.8. The lowest BCUT2D eigenvalue weighted by Gasteiger charge is -2.29. The van der Waals surface area contributed by atoms with Gasteiger partial charge in [-0.05, 0) is 56.4 Å². The van der Waals surface area contributed by atoms with Crippen molar-refractivity contribution >= 4 is 58.3 Å². The summed E-state index contributed by atoms with van der Waals surface area (Å²) in [6.45, 7) is 1.63. The van der Waals surface area contributed by atoms with E-state index in [1.54, 1.807) is 53.5 Å². The van der Waals surface area contributed by atoms with Gasteiger partial charge in [0.05, 0.1) is 47.8 Å². The van der Waals surface area contributed by atoms with E-state index in [1.165, 1.54) is 19.1 Å². The van der Waals surface area contributed by atoms with Crippen LogP contribution in [0.15, 0.2) is 48.8 Å². The minimum atomic E-state index is -0.466. The van der Waals surface area contributed by atoms with Gasteiger partial charge in [0.1, 0.15) is 6.33 Å². The number of imide groups is 1. The fraction of sp³-hybridized carbons (Fsp3) is 0.415. The number of fused-ring (bicyclic) bond motifs is 1. The topological polar surface area (TPSA) is 244 Å². The van der Waals surface area contributed by atoms with Crippen LogP contribution >= 0.6 is 0 Å². The molecule has 19 nitrogen and oxygen atoms in total. The van der Waals surface area contributed by atoms with E-state index < -0.39 is 5.91 Å². The summed E-state index contributed by atoms with van der Waals surface area (Å²) >= 11 is 0. The van der Waals surface area contributed by atoms with Crippen molar-refractivity contribution in [1.29, 1.82) is 0 Å². The molecule has 4 heterocycles. The molecule has 1 atom stereocenters. The molecule has 2 aliphatic heterocycles. The van der Waals surface area contributed by atoms with Crippen LogP contribution in [0.1, 0.15) is 89.0 Å². The molecule has 1 saturated heterocycles. The van der Waals surface area contributed by atoms with E-state index in [0.29, 0.717) is 77.8 Å². The second-order valence-corrected chi connectivity index (χ2v) is 14.8. The van der Waals surface area contributed by atoms with Gasteiger partial charge in [-0.1, -0.05) is 25.0 Å². The average Bonchev–Trinajstić information content (AvgIpc) is 3.95. The summed E-state index contributed by atoms with van der Waals surface area (Å²) in [5, 5.41) is 30.2. The van der Waals surface area contributed by atoms with Gasteiger partial charge in [-0.3, -0.25) is 38.3 Å². The monoisotopic (exact) mass is 820 g/mol. The van der Waals surface area contributed by atoms with Crippen LogP contribution in [0.4, 0.5) is 22.9 Å². The number of rotatable bonds is 19. The molecule has 0 bridgehead atoms. The lowest BCUT2D eigenvalue weighted by Crippen LogP contribution is -2.50. The van der Waals surface area contributed by atoms with Crippen molar-refractivity contribution in [2.24, 2.45) is 5.92 Å². The zero-order chi connectivity index (χ0) is 42.2. The Balaban J connectivity index is 0.843. The molecule has 1 aliphatic carbocycles. The SMILES string of the molecule is CNC(=O)c1nnc(NC(=O)C2CC2)cc1Nc1cccc(-c2ncn(CCNC(=O)CCCCCCNc3cccc4c3C(=O)N(C3CCC(=O)NC3)C4=O)n2)c1OC. The first-order valence-electron chi connectivity index (χ1n) is 20.2. The Kier molecular flexibility index (Phi) is 12.9. The summed E-state index contributed by atoms with van der Waals surface area (Å²) in [5.74, 6) is -0.423. The summed E-state index contributed by atoms with van der Waals surface area (Å²) < 4.78 is 7.40. The van der Waals surface area contributed by atoms with Crippen LogP contribution in [0, 0.1) is 5.92 Å². The fourth-order valence-corrected chi connectivity index (χ4v) is 7.22. The van der Waals surface area contributed by atoms with Crippen molar-refractivity contribution in [2.75, 3.05) is 49.7 Å². The number of amides is 6. The first-order valence-corrected chi connectivity index (χ1v) is 20.2. The van der Waals surface area contributed by atoms with Crippen LogP contribution in [0.2, 0.25) is 0 Å². The molecule has 1 saturated carbocycles. The van der Waals surface area contributed by atoms with E-state index in [4.69, 9.17) is 4.74 Å². The smallest absolute Gasteiger partial charge is 0.273 e. The summed E-state index contributed by atoms with van der Waals surface area (Å²) in [4.78, 5) is 81.3. The summed E-state index contributed by atoms with van der Waals surface area (Å²) in [6, 6.07) is 11.8. The van der Waals surface area contributed by atoms with E-state index in [2.05, 4.69) is 52.2 Å². The Labute approximate surface area is 345 Å². The van der Waals surface area contributed by atoms with E-state index in [1.807, 2.05) is 0 Å². The number of unbranched alkanes of at least 4 members (excludes halogenated alkanes) is 3. The number of anilines is 4. The molecule has 19 heteroatoms. The number of benzene rings is 2. The van der Waals surface area contributed by atoms with Crippen LogP contribution in [0.5, 0.6) is 5.75 Å². The molecule has 314 valence electrons. The third-order valence-corrected chi connectivity index (χ3v) is 10.6. The maximum Gasteiger partial charge on any atom is 0.273 e. The van der Waals surface area contributed by atoms with Crippen molar-refractivity contribution in [1.82, 2.24) is 45.8 Å². The predicted octanol–water partition coefficient (Wildman–Crippen LogP) is 3.25. The Morgan fingerprint density at radius 3 is 2.43 bits per heavy atom. The maximum absolute atomic E-state index is 13.3. The number of nitrogens with one attached hydrogen (secondary N) is 6. The van der Waals surface area contributed by atoms with Crippen molar-refractivity contribution in [3.05, 3.63) is 65.6 Å². The molecular formula is C41H48N12O7. The van der Waals surface area contributed by atoms with Crippen molar-refractivity contribution in [3.63, 3.8) is 0 Å². The summed E-state index contributed by atoms with van der Waals surface area (Å²) in [6.07, 6.45) is 7.63. The van der Waals surface area contributed by atoms with Gasteiger partial charge >= 0.3 is 0 Å². The number of carbonyl (C=O) groups excluding carboxylic acids is 6. The fourth-order valence-electron chi connectivity index (χ4n) is 7.22. The Morgan fingerprint density at radius 1 is 0.900 bits per heavy atom. The Bertz CT molecular complexity index is 2280. The number of piperidine rings is 1. The quantitative estimate of drug-likeness (QED) is 0.0589. The Morgan fingerprint density at radius 2 is 1.68 bits per heavy atom. The number of para-hydroxylation sites is 1. The van der Waals surface area contributed by atoms with Crippen molar-refractivity contribution < 1.29 is 33.5 Å². The van der Waals surface area contributed by atoms with E-state index in [0.717, 1.165) is 38.5 Å². The largest absolute Gasteiger partial charge is 0.494 e. The maximum atomic E-state index is 13.3. The number of methoxy groups -OCH3 is 1. The third-order valence-electron chi connectivity index (χ3n) is 10.6. The highest BCUT2D eigenvalue weighted by Crippen LogP contribution is 2.38. The molecule has 6 amide bonds. The summed E-state index contributed by atoms with van der Waals surface area (Å²) in [7, 11) is 3.00. The average molecular weight is 821 g/mol. The first kappa shape index (κ1) is 41.2. The molecule has 0 spiro atoms. The number of hydrogen-bond donors (Lipinski definition) is 6. The van der Waals surface area contributed by atoms with E-state index in [-0.39, 0.29) is 66.0 Å². The molecular weight excluding hydrogens is 773 g/mol. The molecule has 4 aromatic rings. The predicted molar refractivity (Wildman–Crippen MR) is 220 cm³/mol. The van der Waals surface area contributed by atoms with Crippen molar-refractivity contribution in [3.8, 4) is 17.1 Å². The minimum absolute atomic E-state index is 0.0276. The standard InChI is InChI=1S/C41H48N12O7/c1-42-39(57)35-30(21-31(49-50-35)48-38(56)24-14-15-24)47-29-12-8-10-27(36(29)60-2)37-46-23-52(51-37)20-19-44-32(54)13-5-3-4-6-18-43-28-11-7-9-26-34(28)41(59)53(40(26)58)25-16-17-33(55)45-22-25/h7-12,21,23-25,43H,3-6,13-20,22H2,1-2H3,(H,42,57)(H,44,54)(H,45,55)(H2,47,48,49,56). The van der Waals surface area contributed by atoms with Gasteiger partial charge in [0.2, 0.25) is 17.7 Å². The highest BCUT2D eigenvalue weighted by atomic mass is 16.5. The van der Waals surface area contributed by atoms with Crippen LogP contribution in [-0.4, -0.2) is 105 Å². The highest BCUT2D eigenvalue weighted by molar-refractivity contribution is 6.24. The van der Waals surface area contributed by atoms with Crippen molar-refractivity contribution in [2.45, 2.75) is 70.4 Å². The molecule has 2 fully saturated rings. The number of hydrogen-bond acceptors (Lipinski definition) is 13. The molecule has 7 rings (SSSR count). The molecule has 6 N–H and O–H groups in total. The first-order chi connectivity index (χ1) is 29.1. The van der Waals surface area contributed by atoms with Crippen LogP contribution < -0.4 is 36.6 Å². The second kappa shape index (κ2) is 18.8. The lowest BCUT2D eigenvalue weighted by molar-refractivity contribution is -0.123. The summed E-state index contributed by atoms with van der Waals surface area (Å²) in [5.41, 5.74) is 2.80. The Hall–Kier alpha value is -6.92. The van der Waals surface area contributed by atoms with Gasteiger partial charge in [0.15, 0.2) is 23.1 Å². The van der Waals surface area contributed by atoms with Crippen LogP contribution in [0.25, 0.3) is 11.4 Å². The van der Waals surface area contributed by atoms with Gasteiger partial charge in [0, 0.05) is 57.2 Å². The molecule has 1 unspecified atom stereocenters. The van der Waals surface area contributed by atoms with Gasteiger partial charge in [-0.25, -0.2) is 4.98 Å². The minimum Gasteiger partial charge on any atom is -0.494 e. The number of carbonyl (C=O) groups is 6. The number of ether oxygens (including phenoxy) is 1.